The molecule has 0 aromatic heterocycles. The number of hydrogen-bond donors (Lipinski definition) is 1. The maximum atomic E-state index is 12.7. The van der Waals surface area contributed by atoms with Gasteiger partial charge in [0, 0.05) is 0 Å². The molecule has 1 aromatic rings. The first-order valence-corrected chi connectivity index (χ1v) is 9.54. The topological polar surface area (TPSA) is 51.1 Å². The normalized spacial score (nSPS) is 22.0. The van der Waals surface area contributed by atoms with Gasteiger partial charge in [0.25, 0.3) is 0 Å². The minimum Gasteiger partial charge on any atom is -0.497 e. The Morgan fingerprint density at radius 1 is 1.09 bits per heavy atom. The number of hydrogen-bond acceptors (Lipinski definition) is 3. The van der Waals surface area contributed by atoms with E-state index >= 15 is 0 Å². The van der Waals surface area contributed by atoms with Crippen LogP contribution in [0.15, 0.2) is 29.2 Å². The highest BCUT2D eigenvalue weighted by Gasteiger charge is 2.34. The predicted molar refractivity (Wildman–Crippen MR) is 84.7 cm³/mol. The molecule has 0 spiro atoms. The highest BCUT2D eigenvalue weighted by molar-refractivity contribution is 7.89. The summed E-state index contributed by atoms with van der Waals surface area (Å²) in [7, 11) is -1.79. The molecule has 1 aromatic carbocycles. The number of nitrogens with zero attached hydrogens (tertiary/aromatic N) is 1. The van der Waals surface area contributed by atoms with Gasteiger partial charge in [0.15, 0.2) is 0 Å². The van der Waals surface area contributed by atoms with E-state index in [9.17, 15) is 8.42 Å². The van der Waals surface area contributed by atoms with Crippen LogP contribution in [0.3, 0.4) is 0 Å². The van der Waals surface area contributed by atoms with Crippen molar-refractivity contribution in [3.05, 3.63) is 24.3 Å². The van der Waals surface area contributed by atoms with Gasteiger partial charge in [-0.25, -0.2) is 8.42 Å². The summed E-state index contributed by atoms with van der Waals surface area (Å²) in [4.78, 5) is 1.95. The quantitative estimate of drug-likeness (QED) is 0.878. The molecule has 1 saturated heterocycles. The molecular weight excluding hydrogens is 300 g/mol. The Morgan fingerprint density at radius 3 is 2.23 bits per heavy atom. The maximum Gasteiger partial charge on any atom is 0.243 e. The van der Waals surface area contributed by atoms with Crippen LogP contribution in [0.4, 0.5) is 0 Å². The molecule has 0 radical (unpaired) electrons. The summed E-state index contributed by atoms with van der Waals surface area (Å²) in [5.41, 5.74) is 0. The highest BCUT2D eigenvalue weighted by atomic mass is 32.2. The SMILES string of the molecule is COc1ccc(S(=O)(=O)N2CC[NH+](C3CCCC3)CC2)cc1. The second-order valence-electron chi connectivity index (χ2n) is 6.22. The van der Waals surface area contributed by atoms with E-state index < -0.39 is 10.0 Å². The average Bonchev–Trinajstić information content (AvgIpc) is 3.09. The van der Waals surface area contributed by atoms with Gasteiger partial charge in [-0.2, -0.15) is 4.31 Å². The van der Waals surface area contributed by atoms with Crippen LogP contribution in [0.1, 0.15) is 25.7 Å². The molecule has 0 unspecified atom stereocenters. The number of methoxy groups -OCH3 is 1. The zero-order chi connectivity index (χ0) is 15.6. The number of rotatable bonds is 4. The molecule has 0 atom stereocenters. The van der Waals surface area contributed by atoms with E-state index in [1.807, 2.05) is 0 Å². The molecule has 1 saturated carbocycles. The summed E-state index contributed by atoms with van der Waals surface area (Å²) < 4.78 is 32.1. The highest BCUT2D eigenvalue weighted by Crippen LogP contribution is 2.20. The standard InChI is InChI=1S/C16H24N2O3S/c1-21-15-6-8-16(9-7-15)22(19,20)18-12-10-17(11-13-18)14-4-2-3-5-14/h6-9,14H,2-5,10-13H2,1H3/p+1. The second-order valence-corrected chi connectivity index (χ2v) is 8.16. The van der Waals surface area contributed by atoms with Gasteiger partial charge >= 0.3 is 0 Å². The molecule has 1 N–H and O–H groups in total. The first kappa shape index (κ1) is 15.8. The van der Waals surface area contributed by atoms with E-state index in [1.165, 1.54) is 25.7 Å². The Bertz CT molecular complexity index is 586. The zero-order valence-electron chi connectivity index (χ0n) is 13.1. The largest absolute Gasteiger partial charge is 0.497 e. The first-order chi connectivity index (χ1) is 10.6. The fourth-order valence-corrected chi connectivity index (χ4v) is 5.09. The molecule has 1 heterocycles. The lowest BCUT2D eigenvalue weighted by Gasteiger charge is -2.34. The van der Waals surface area contributed by atoms with Crippen LogP contribution in [-0.4, -0.2) is 52.1 Å². The molecule has 2 aliphatic rings. The second kappa shape index (κ2) is 6.56. The molecule has 5 nitrogen and oxygen atoms in total. The monoisotopic (exact) mass is 325 g/mol. The van der Waals surface area contributed by atoms with Crippen molar-refractivity contribution in [1.82, 2.24) is 4.31 Å². The number of quaternary nitrogens is 1. The van der Waals surface area contributed by atoms with Gasteiger partial charge in [0.05, 0.1) is 44.2 Å². The summed E-state index contributed by atoms with van der Waals surface area (Å²) in [5, 5.41) is 0. The fraction of sp³-hybridized carbons (Fsp3) is 0.625. The van der Waals surface area contributed by atoms with E-state index in [0.717, 1.165) is 19.1 Å². The first-order valence-electron chi connectivity index (χ1n) is 8.10. The minimum absolute atomic E-state index is 0.359. The lowest BCUT2D eigenvalue weighted by Crippen LogP contribution is -3.18. The predicted octanol–water partition coefficient (Wildman–Crippen LogP) is 0.527. The summed E-state index contributed by atoms with van der Waals surface area (Å²) in [6, 6.07) is 7.42. The zero-order valence-corrected chi connectivity index (χ0v) is 13.9. The van der Waals surface area contributed by atoms with Gasteiger partial charge in [-0.15, -0.1) is 0 Å². The van der Waals surface area contributed by atoms with Gasteiger partial charge < -0.3 is 9.64 Å². The van der Waals surface area contributed by atoms with E-state index in [1.54, 1.807) is 40.6 Å². The Kier molecular flexibility index (Phi) is 4.70. The van der Waals surface area contributed by atoms with Gasteiger partial charge in [0.2, 0.25) is 10.0 Å². The lowest BCUT2D eigenvalue weighted by molar-refractivity contribution is -0.928. The van der Waals surface area contributed by atoms with Crippen molar-refractivity contribution < 1.29 is 18.1 Å². The van der Waals surface area contributed by atoms with Crippen molar-refractivity contribution in [2.24, 2.45) is 0 Å². The number of sulfonamides is 1. The van der Waals surface area contributed by atoms with E-state index in [4.69, 9.17) is 4.74 Å². The van der Waals surface area contributed by atoms with Crippen molar-refractivity contribution in [2.75, 3.05) is 33.3 Å². The van der Waals surface area contributed by atoms with Crippen LogP contribution in [0.5, 0.6) is 5.75 Å². The van der Waals surface area contributed by atoms with Crippen molar-refractivity contribution in [3.63, 3.8) is 0 Å². The van der Waals surface area contributed by atoms with Crippen LogP contribution in [0.25, 0.3) is 0 Å². The summed E-state index contributed by atoms with van der Waals surface area (Å²) in [5.74, 6) is 0.675. The fourth-order valence-electron chi connectivity index (χ4n) is 3.65. The lowest BCUT2D eigenvalue weighted by atomic mass is 10.2. The number of benzene rings is 1. The third-order valence-corrected chi connectivity index (χ3v) is 6.91. The molecule has 122 valence electrons. The van der Waals surface area contributed by atoms with Gasteiger partial charge in [0.1, 0.15) is 5.75 Å². The molecule has 1 aliphatic carbocycles. The third-order valence-electron chi connectivity index (χ3n) is 4.99. The van der Waals surface area contributed by atoms with Crippen LogP contribution < -0.4 is 9.64 Å². The minimum atomic E-state index is -3.37. The molecule has 2 fully saturated rings. The smallest absolute Gasteiger partial charge is 0.243 e. The van der Waals surface area contributed by atoms with Crippen molar-refractivity contribution in [3.8, 4) is 5.75 Å². The van der Waals surface area contributed by atoms with Gasteiger partial charge in [-0.1, -0.05) is 0 Å². The Labute approximate surface area is 132 Å². The molecular formula is C16H25N2O3S+. The summed E-state index contributed by atoms with van der Waals surface area (Å²) in [6.45, 7) is 3.11. The molecule has 0 amide bonds. The molecule has 22 heavy (non-hydrogen) atoms. The third kappa shape index (κ3) is 3.14. The van der Waals surface area contributed by atoms with Crippen LogP contribution in [-0.2, 0) is 10.0 Å². The molecule has 1 aliphatic heterocycles. The maximum absolute atomic E-state index is 12.7. The summed E-state index contributed by atoms with van der Waals surface area (Å²) in [6.07, 6.45) is 5.28. The Balaban J connectivity index is 1.65. The molecule has 0 bridgehead atoms. The van der Waals surface area contributed by atoms with Crippen molar-refractivity contribution in [2.45, 2.75) is 36.6 Å². The van der Waals surface area contributed by atoms with Crippen LogP contribution >= 0.6 is 0 Å². The van der Waals surface area contributed by atoms with Crippen LogP contribution in [0, 0.1) is 0 Å². The Morgan fingerprint density at radius 2 is 1.68 bits per heavy atom. The van der Waals surface area contributed by atoms with E-state index in [0.29, 0.717) is 23.7 Å². The van der Waals surface area contributed by atoms with E-state index in [2.05, 4.69) is 0 Å². The number of piperazine rings is 1. The van der Waals surface area contributed by atoms with E-state index in [-0.39, 0.29) is 0 Å². The number of nitrogens with one attached hydrogen (secondary N) is 1. The Hall–Kier alpha value is -1.11. The number of ether oxygens (including phenoxy) is 1. The summed E-state index contributed by atoms with van der Waals surface area (Å²) >= 11 is 0. The molecule has 6 heteroatoms. The van der Waals surface area contributed by atoms with Gasteiger partial charge in [-0.3, -0.25) is 0 Å². The van der Waals surface area contributed by atoms with Crippen molar-refractivity contribution >= 4 is 10.0 Å². The van der Waals surface area contributed by atoms with Gasteiger partial charge in [-0.05, 0) is 49.9 Å². The van der Waals surface area contributed by atoms with Crippen molar-refractivity contribution in [1.29, 1.82) is 0 Å². The average molecular weight is 325 g/mol. The van der Waals surface area contributed by atoms with Crippen LogP contribution in [0.2, 0.25) is 0 Å². The molecule has 3 rings (SSSR count).